The average molecular weight is 289 g/mol. The Bertz CT molecular complexity index is 312. The minimum Gasteiger partial charge on any atom is -0.756 e. The average Bonchev–Trinajstić information content (AvgIpc) is 2.75. The van der Waals surface area contributed by atoms with Gasteiger partial charge in [-0.05, 0) is 19.3 Å². The van der Waals surface area contributed by atoms with Gasteiger partial charge in [0.15, 0.2) is 6.67 Å². The van der Waals surface area contributed by atoms with Crippen LogP contribution in [0.15, 0.2) is 12.4 Å². The maximum atomic E-state index is 11.0. The van der Waals surface area contributed by atoms with Gasteiger partial charge in [0.05, 0.1) is 17.5 Å². The van der Waals surface area contributed by atoms with E-state index in [0.29, 0.717) is 11.3 Å². The molecule has 2 atom stereocenters. The molecule has 5 nitrogen and oxygen atoms in total. The molecule has 19 heavy (non-hydrogen) atoms. The number of unbranched alkanes of at least 4 members (excludes halogenated alkanes) is 4. The van der Waals surface area contributed by atoms with Crippen molar-refractivity contribution in [2.45, 2.75) is 52.4 Å². The normalized spacial score (nSPS) is 24.1. The molecule has 0 fully saturated rings. The van der Waals surface area contributed by atoms with Crippen LogP contribution in [0.1, 0.15) is 52.4 Å². The fourth-order valence-corrected chi connectivity index (χ4v) is 2.87. The minimum atomic E-state index is -2.23. The van der Waals surface area contributed by atoms with Crippen LogP contribution in [-0.4, -0.2) is 38.0 Å². The van der Waals surface area contributed by atoms with Crippen molar-refractivity contribution in [3.63, 3.8) is 0 Å². The largest absolute Gasteiger partial charge is 0.756 e. The molecular weight excluding hydrogens is 262 g/mol. The number of rotatable bonds is 10. The Labute approximate surface area is 119 Å². The maximum Gasteiger partial charge on any atom is 0.177 e. The van der Waals surface area contributed by atoms with Crippen LogP contribution >= 0.6 is 0 Å². The molecule has 1 heterocycles. The second-order valence-corrected chi connectivity index (χ2v) is 5.90. The van der Waals surface area contributed by atoms with Crippen LogP contribution in [0.25, 0.3) is 0 Å². The van der Waals surface area contributed by atoms with Crippen LogP contribution in [-0.2, 0) is 11.3 Å². The first kappa shape index (κ1) is 16.6. The first-order chi connectivity index (χ1) is 9.12. The highest BCUT2D eigenvalue weighted by atomic mass is 32.2. The first-order valence-electron chi connectivity index (χ1n) is 7.29. The van der Waals surface area contributed by atoms with Gasteiger partial charge in [-0.2, -0.15) is 4.59 Å². The smallest absolute Gasteiger partial charge is 0.177 e. The Morgan fingerprint density at radius 2 is 2.00 bits per heavy atom. The minimum absolute atomic E-state index is 0.337. The zero-order chi connectivity index (χ0) is 14.1. The zero-order valence-electron chi connectivity index (χ0n) is 12.1. The summed E-state index contributed by atoms with van der Waals surface area (Å²) in [5, 5.41) is 0. The fourth-order valence-electron chi connectivity index (χ4n) is 2.37. The lowest BCUT2D eigenvalue weighted by Gasteiger charge is -2.33. The highest BCUT2D eigenvalue weighted by Gasteiger charge is 2.32. The molecule has 1 N–H and O–H groups in total. The molecule has 0 aromatic heterocycles. The van der Waals surface area contributed by atoms with E-state index in [4.69, 9.17) is 0 Å². The number of nitrogens with one attached hydrogen (secondary N) is 1. The van der Waals surface area contributed by atoms with E-state index in [2.05, 4.69) is 23.6 Å². The van der Waals surface area contributed by atoms with Crippen molar-refractivity contribution in [1.29, 1.82) is 0 Å². The van der Waals surface area contributed by atoms with Gasteiger partial charge < -0.3 is 9.45 Å². The Morgan fingerprint density at radius 3 is 2.63 bits per heavy atom. The van der Waals surface area contributed by atoms with Gasteiger partial charge in [0.25, 0.3) is 0 Å². The second kappa shape index (κ2) is 8.68. The Hall–Kier alpha value is -0.430. The third kappa shape index (κ3) is 6.03. The van der Waals surface area contributed by atoms with E-state index in [1.54, 1.807) is 0 Å². The quantitative estimate of drug-likeness (QED) is 0.381. The highest BCUT2D eigenvalue weighted by Crippen LogP contribution is 2.18. The predicted octanol–water partition coefficient (Wildman–Crippen LogP) is 2.23. The highest BCUT2D eigenvalue weighted by molar-refractivity contribution is 7.76. The summed E-state index contributed by atoms with van der Waals surface area (Å²) in [6, 6.07) is 0. The van der Waals surface area contributed by atoms with E-state index in [1.807, 2.05) is 12.4 Å². The Balaban J connectivity index is 2.48. The van der Waals surface area contributed by atoms with E-state index in [1.165, 1.54) is 12.8 Å². The van der Waals surface area contributed by atoms with Crippen LogP contribution in [0.2, 0.25) is 0 Å². The summed E-state index contributed by atoms with van der Waals surface area (Å²) in [5.41, 5.74) is 0. The molecule has 1 aliphatic rings. The molecule has 0 radical (unpaired) electrons. The monoisotopic (exact) mass is 289 g/mol. The van der Waals surface area contributed by atoms with E-state index < -0.39 is 11.3 Å². The van der Waals surface area contributed by atoms with Gasteiger partial charge in [-0.15, -0.1) is 0 Å². The van der Waals surface area contributed by atoms with Crippen LogP contribution in [0, 0.1) is 0 Å². The lowest BCUT2D eigenvalue weighted by molar-refractivity contribution is -0.911. The lowest BCUT2D eigenvalue weighted by Crippen LogP contribution is -2.56. The van der Waals surface area contributed by atoms with Crippen molar-refractivity contribution in [3.8, 4) is 0 Å². The molecule has 0 bridgehead atoms. The van der Waals surface area contributed by atoms with Gasteiger partial charge in [0.1, 0.15) is 12.7 Å². The molecule has 112 valence electrons. The topological polar surface area (TPSA) is 55.4 Å². The number of nitrogens with zero attached hydrogens (tertiary/aromatic N) is 2. The van der Waals surface area contributed by atoms with Crippen molar-refractivity contribution in [1.82, 2.24) is 9.73 Å². The summed E-state index contributed by atoms with van der Waals surface area (Å²) in [6.45, 7) is 6.87. The zero-order valence-corrected chi connectivity index (χ0v) is 13.0. The van der Waals surface area contributed by atoms with Crippen LogP contribution in [0.3, 0.4) is 0 Å². The van der Waals surface area contributed by atoms with Crippen LogP contribution in [0.5, 0.6) is 0 Å². The molecule has 0 spiro atoms. The van der Waals surface area contributed by atoms with Crippen LogP contribution < -0.4 is 4.83 Å². The summed E-state index contributed by atoms with van der Waals surface area (Å²) in [7, 11) is 0. The van der Waals surface area contributed by atoms with E-state index >= 15 is 0 Å². The second-order valence-electron chi connectivity index (χ2n) is 5.25. The maximum absolute atomic E-state index is 11.0. The summed E-state index contributed by atoms with van der Waals surface area (Å²) in [5.74, 6) is 0. The summed E-state index contributed by atoms with van der Waals surface area (Å²) >= 11 is -2.23. The van der Waals surface area contributed by atoms with Crippen LogP contribution in [0.4, 0.5) is 0 Å². The summed E-state index contributed by atoms with van der Waals surface area (Å²) in [6.07, 6.45) is 10.9. The van der Waals surface area contributed by atoms with Crippen molar-refractivity contribution in [2.24, 2.45) is 0 Å². The Morgan fingerprint density at radius 1 is 1.26 bits per heavy atom. The van der Waals surface area contributed by atoms with Crippen molar-refractivity contribution >= 4 is 11.3 Å². The van der Waals surface area contributed by atoms with Crippen molar-refractivity contribution in [3.05, 3.63) is 12.4 Å². The van der Waals surface area contributed by atoms with Gasteiger partial charge in [-0.25, -0.2) is 0 Å². The lowest BCUT2D eigenvalue weighted by atomic mass is 10.2. The Kier molecular flexibility index (Phi) is 7.60. The number of hydrogen-bond donors (Lipinski definition) is 1. The predicted molar refractivity (Wildman–Crippen MR) is 76.9 cm³/mol. The van der Waals surface area contributed by atoms with Crippen molar-refractivity contribution < 1.29 is 13.4 Å². The van der Waals surface area contributed by atoms with Gasteiger partial charge in [-0.3, -0.25) is 4.21 Å². The van der Waals surface area contributed by atoms with Gasteiger partial charge in [-0.1, -0.05) is 37.9 Å². The van der Waals surface area contributed by atoms with E-state index in [-0.39, 0.29) is 0 Å². The summed E-state index contributed by atoms with van der Waals surface area (Å²) < 4.78 is 22.3. The third-order valence-electron chi connectivity index (χ3n) is 3.46. The molecule has 1 aliphatic heterocycles. The summed E-state index contributed by atoms with van der Waals surface area (Å²) in [4.78, 5) is 4.86. The van der Waals surface area contributed by atoms with Gasteiger partial charge in [0.2, 0.25) is 0 Å². The fraction of sp³-hybridized carbons (Fsp3) is 0.846. The molecule has 0 aromatic rings. The van der Waals surface area contributed by atoms with E-state index in [0.717, 1.165) is 38.8 Å². The first-order valence-corrected chi connectivity index (χ1v) is 8.36. The molecule has 0 aromatic carbocycles. The molecule has 2 unspecified atom stereocenters. The standard InChI is InChI=1S/C13H27N3O2S/c1-3-5-7-8-11-16(14-19(17)18)12-10-15(13-16)9-6-4-2/h10,12,14H,3-9,11,13H2,1-2H3. The number of quaternary nitrogens is 1. The third-order valence-corrected chi connectivity index (χ3v) is 3.98. The molecule has 0 saturated heterocycles. The number of hydrogen-bond acceptors (Lipinski definition) is 3. The SMILES string of the molecule is CCCCCC[N+]1(NS(=O)[O-])C=CN(CCCC)C1. The van der Waals surface area contributed by atoms with Gasteiger partial charge in [0, 0.05) is 6.54 Å². The molecule has 0 aliphatic carbocycles. The van der Waals surface area contributed by atoms with Gasteiger partial charge >= 0.3 is 0 Å². The molecule has 1 rings (SSSR count). The molecule has 0 saturated carbocycles. The van der Waals surface area contributed by atoms with E-state index in [9.17, 15) is 8.76 Å². The molecule has 0 amide bonds. The molecule has 6 heteroatoms. The molecular formula is C13H27N3O2S. The van der Waals surface area contributed by atoms with Crippen molar-refractivity contribution in [2.75, 3.05) is 19.8 Å².